The second-order valence-corrected chi connectivity index (χ2v) is 2.25. The number of hydrogen-bond donors (Lipinski definition) is 0. The lowest BCUT2D eigenvalue weighted by molar-refractivity contribution is 0.498. The smallest absolute Gasteiger partial charge is 0.193 e. The van der Waals surface area contributed by atoms with E-state index in [-0.39, 0.29) is 5.95 Å². The predicted molar refractivity (Wildman–Crippen MR) is 39.4 cm³/mol. The van der Waals surface area contributed by atoms with Crippen LogP contribution in [0.4, 0.5) is 4.39 Å². The van der Waals surface area contributed by atoms with E-state index < -0.39 is 0 Å². The minimum atomic E-state index is -0.126. The summed E-state index contributed by atoms with van der Waals surface area (Å²) in [5.74, 6) is -0.126. The fourth-order valence-corrected chi connectivity index (χ4v) is 1.14. The molecule has 0 spiro atoms. The zero-order valence-electron chi connectivity index (χ0n) is 6.39. The highest BCUT2D eigenvalue weighted by atomic mass is 19.1. The average Bonchev–Trinajstić information content (AvgIpc) is 2.30. The van der Waals surface area contributed by atoms with E-state index in [1.165, 1.54) is 6.07 Å². The summed E-state index contributed by atoms with van der Waals surface area (Å²) in [7, 11) is 0. The van der Waals surface area contributed by atoms with Gasteiger partial charge in [0.15, 0.2) is 5.95 Å². The predicted octanol–water partition coefficient (Wildman–Crippen LogP) is 2.21. The van der Waals surface area contributed by atoms with E-state index >= 15 is 0 Å². The average molecular weight is 141 g/mol. The molecule has 0 aromatic carbocycles. The van der Waals surface area contributed by atoms with Crippen molar-refractivity contribution in [3.8, 4) is 0 Å². The molecular formula is C8H12FN. The number of rotatable bonds is 2. The molecular weight excluding hydrogens is 129 g/mol. The summed E-state index contributed by atoms with van der Waals surface area (Å²) in [4.78, 5) is 0. The summed E-state index contributed by atoms with van der Waals surface area (Å²) in [6, 6.07) is 3.35. The van der Waals surface area contributed by atoms with E-state index in [0.717, 1.165) is 18.7 Å². The van der Waals surface area contributed by atoms with Crippen molar-refractivity contribution in [2.24, 2.45) is 0 Å². The van der Waals surface area contributed by atoms with Gasteiger partial charge in [0, 0.05) is 12.2 Å². The van der Waals surface area contributed by atoms with E-state index in [1.807, 2.05) is 19.9 Å². The van der Waals surface area contributed by atoms with E-state index in [9.17, 15) is 4.39 Å². The van der Waals surface area contributed by atoms with Crippen LogP contribution in [0.3, 0.4) is 0 Å². The molecule has 0 aliphatic rings. The van der Waals surface area contributed by atoms with Crippen LogP contribution in [0.15, 0.2) is 12.1 Å². The molecule has 0 amide bonds. The second kappa shape index (κ2) is 2.86. The molecule has 1 aromatic heterocycles. The van der Waals surface area contributed by atoms with Crippen LogP contribution in [0.5, 0.6) is 0 Å². The normalized spacial score (nSPS) is 10.3. The van der Waals surface area contributed by atoms with Gasteiger partial charge in [0.2, 0.25) is 0 Å². The number of nitrogens with zero attached hydrogens (tertiary/aromatic N) is 1. The van der Waals surface area contributed by atoms with Crippen LogP contribution in [0.25, 0.3) is 0 Å². The molecule has 0 fully saturated rings. The zero-order valence-corrected chi connectivity index (χ0v) is 6.39. The molecule has 0 bridgehead atoms. The molecule has 0 unspecified atom stereocenters. The van der Waals surface area contributed by atoms with Crippen molar-refractivity contribution in [2.45, 2.75) is 26.8 Å². The molecule has 0 aliphatic heterocycles. The Morgan fingerprint density at radius 1 is 1.40 bits per heavy atom. The zero-order chi connectivity index (χ0) is 7.56. The molecule has 1 nitrogen and oxygen atoms in total. The Kier molecular flexibility index (Phi) is 2.10. The molecule has 0 radical (unpaired) electrons. The molecule has 1 heterocycles. The Morgan fingerprint density at radius 3 is 2.50 bits per heavy atom. The van der Waals surface area contributed by atoms with Gasteiger partial charge in [-0.05, 0) is 25.5 Å². The minimum absolute atomic E-state index is 0.126. The maximum atomic E-state index is 12.8. The van der Waals surface area contributed by atoms with Crippen LogP contribution >= 0.6 is 0 Å². The number of halogens is 1. The summed E-state index contributed by atoms with van der Waals surface area (Å²) in [6.07, 6.45) is 0.901. The Morgan fingerprint density at radius 2 is 2.10 bits per heavy atom. The fraction of sp³-hybridized carbons (Fsp3) is 0.500. The largest absolute Gasteiger partial charge is 0.322 e. The van der Waals surface area contributed by atoms with Gasteiger partial charge < -0.3 is 4.57 Å². The van der Waals surface area contributed by atoms with Crippen LogP contribution in [-0.2, 0) is 13.0 Å². The maximum absolute atomic E-state index is 12.8. The van der Waals surface area contributed by atoms with E-state index in [4.69, 9.17) is 0 Å². The number of aryl methyl sites for hydroxylation is 1. The highest BCUT2D eigenvalue weighted by molar-refractivity contribution is 5.08. The molecule has 0 atom stereocenters. The Bertz CT molecular complexity index is 215. The van der Waals surface area contributed by atoms with Crippen molar-refractivity contribution in [1.29, 1.82) is 0 Å². The van der Waals surface area contributed by atoms with Gasteiger partial charge in [-0.2, -0.15) is 4.39 Å². The van der Waals surface area contributed by atoms with Crippen LogP contribution < -0.4 is 0 Å². The molecule has 0 saturated heterocycles. The molecule has 1 rings (SSSR count). The quantitative estimate of drug-likeness (QED) is 0.595. The molecule has 56 valence electrons. The van der Waals surface area contributed by atoms with Gasteiger partial charge in [-0.3, -0.25) is 0 Å². The number of aromatic nitrogens is 1. The van der Waals surface area contributed by atoms with Crippen molar-refractivity contribution >= 4 is 0 Å². The third kappa shape index (κ3) is 1.06. The maximum Gasteiger partial charge on any atom is 0.193 e. The van der Waals surface area contributed by atoms with Crippen molar-refractivity contribution < 1.29 is 4.39 Å². The van der Waals surface area contributed by atoms with Crippen LogP contribution in [0.2, 0.25) is 0 Å². The van der Waals surface area contributed by atoms with Crippen molar-refractivity contribution in [1.82, 2.24) is 4.57 Å². The first-order valence-corrected chi connectivity index (χ1v) is 3.63. The van der Waals surface area contributed by atoms with Gasteiger partial charge in [0.05, 0.1) is 0 Å². The lowest BCUT2D eigenvalue weighted by Crippen LogP contribution is -2.01. The molecule has 1 aromatic rings. The number of hydrogen-bond acceptors (Lipinski definition) is 0. The van der Waals surface area contributed by atoms with Gasteiger partial charge >= 0.3 is 0 Å². The van der Waals surface area contributed by atoms with Crippen molar-refractivity contribution in [3.05, 3.63) is 23.8 Å². The fourth-order valence-electron chi connectivity index (χ4n) is 1.14. The van der Waals surface area contributed by atoms with Gasteiger partial charge in [-0.15, -0.1) is 0 Å². The van der Waals surface area contributed by atoms with Crippen LogP contribution in [0.1, 0.15) is 19.5 Å². The Balaban J connectivity index is 3.01. The highest BCUT2D eigenvalue weighted by Crippen LogP contribution is 2.07. The highest BCUT2D eigenvalue weighted by Gasteiger charge is 2.01. The summed E-state index contributed by atoms with van der Waals surface area (Å²) in [6.45, 7) is 4.70. The molecule has 0 aliphatic carbocycles. The SMILES string of the molecule is CCc1ccc(F)n1CC. The molecule has 10 heavy (non-hydrogen) atoms. The first-order valence-electron chi connectivity index (χ1n) is 3.63. The van der Waals surface area contributed by atoms with Gasteiger partial charge in [-0.1, -0.05) is 6.92 Å². The van der Waals surface area contributed by atoms with E-state index in [1.54, 1.807) is 4.57 Å². The summed E-state index contributed by atoms with van der Waals surface area (Å²) < 4.78 is 14.4. The summed E-state index contributed by atoms with van der Waals surface area (Å²) in [5.41, 5.74) is 1.07. The van der Waals surface area contributed by atoms with Crippen molar-refractivity contribution in [2.75, 3.05) is 0 Å². The lowest BCUT2D eigenvalue weighted by atomic mass is 10.3. The first kappa shape index (κ1) is 7.32. The first-order chi connectivity index (χ1) is 4.79. The second-order valence-electron chi connectivity index (χ2n) is 2.25. The van der Waals surface area contributed by atoms with E-state index in [0.29, 0.717) is 0 Å². The topological polar surface area (TPSA) is 4.93 Å². The molecule has 0 N–H and O–H groups in total. The molecule has 0 saturated carbocycles. The molecule has 2 heteroatoms. The lowest BCUT2D eigenvalue weighted by Gasteiger charge is -2.02. The van der Waals surface area contributed by atoms with Crippen molar-refractivity contribution in [3.63, 3.8) is 0 Å². The third-order valence-electron chi connectivity index (χ3n) is 1.70. The summed E-state index contributed by atoms with van der Waals surface area (Å²) >= 11 is 0. The van der Waals surface area contributed by atoms with E-state index in [2.05, 4.69) is 0 Å². The van der Waals surface area contributed by atoms with Gasteiger partial charge in [-0.25, -0.2) is 0 Å². The Labute approximate surface area is 60.5 Å². The summed E-state index contributed by atoms with van der Waals surface area (Å²) in [5, 5.41) is 0. The minimum Gasteiger partial charge on any atom is -0.322 e. The van der Waals surface area contributed by atoms with Gasteiger partial charge in [0.25, 0.3) is 0 Å². The standard InChI is InChI=1S/C8H12FN/c1-3-7-5-6-8(9)10(7)4-2/h5-6H,3-4H2,1-2H3. The third-order valence-corrected chi connectivity index (χ3v) is 1.70. The van der Waals surface area contributed by atoms with Gasteiger partial charge in [0.1, 0.15) is 0 Å². The Hall–Kier alpha value is -0.790. The van der Waals surface area contributed by atoms with Crippen LogP contribution in [-0.4, -0.2) is 4.57 Å². The van der Waals surface area contributed by atoms with Crippen LogP contribution in [0, 0.1) is 5.95 Å². The monoisotopic (exact) mass is 141 g/mol.